The van der Waals surface area contributed by atoms with Crippen molar-refractivity contribution >= 4 is 33.7 Å². The molecule has 0 aliphatic carbocycles. The van der Waals surface area contributed by atoms with Gasteiger partial charge in [0, 0.05) is 15.8 Å². The van der Waals surface area contributed by atoms with Gasteiger partial charge < -0.3 is 0 Å². The highest BCUT2D eigenvalue weighted by Gasteiger charge is 2.12. The van der Waals surface area contributed by atoms with Crippen LogP contribution in [-0.2, 0) is 0 Å². The zero-order valence-corrected chi connectivity index (χ0v) is 13.3. The largest absolute Gasteiger partial charge is 0.298 e. The summed E-state index contributed by atoms with van der Waals surface area (Å²) < 4.78 is 0. The fourth-order valence-corrected chi connectivity index (χ4v) is 3.62. The molecule has 0 aliphatic rings. The van der Waals surface area contributed by atoms with Crippen LogP contribution in [0.3, 0.4) is 0 Å². The third-order valence-electron chi connectivity index (χ3n) is 3.11. The number of nitrogens with zero attached hydrogens (tertiary/aromatic N) is 1. The van der Waals surface area contributed by atoms with Crippen molar-refractivity contribution in [2.45, 2.75) is 13.8 Å². The Bertz CT molecular complexity index is 789. The fraction of sp³-hybridized carbons (Fsp3) is 0.125. The number of carbonyl (C=O) groups is 1. The van der Waals surface area contributed by atoms with Crippen molar-refractivity contribution in [3.63, 3.8) is 0 Å². The summed E-state index contributed by atoms with van der Waals surface area (Å²) in [7, 11) is 0. The maximum atomic E-state index is 12.2. The predicted molar refractivity (Wildman–Crippen MR) is 89.3 cm³/mol. The second kappa shape index (κ2) is 5.79. The fourth-order valence-electron chi connectivity index (χ4n) is 2.01. The maximum Gasteiger partial charge on any atom is 0.257 e. The number of thiophene rings is 1. The molecule has 0 aliphatic heterocycles. The number of aromatic nitrogens is 1. The van der Waals surface area contributed by atoms with Crippen LogP contribution in [0.15, 0.2) is 41.8 Å². The van der Waals surface area contributed by atoms with Gasteiger partial charge in [0.15, 0.2) is 5.13 Å². The molecule has 1 aromatic carbocycles. The van der Waals surface area contributed by atoms with Crippen LogP contribution in [0.5, 0.6) is 0 Å². The Hall–Kier alpha value is -1.98. The van der Waals surface area contributed by atoms with Gasteiger partial charge >= 0.3 is 0 Å². The van der Waals surface area contributed by atoms with Gasteiger partial charge in [-0.1, -0.05) is 18.2 Å². The molecule has 0 fully saturated rings. The molecule has 0 spiro atoms. The summed E-state index contributed by atoms with van der Waals surface area (Å²) >= 11 is 3.15. The van der Waals surface area contributed by atoms with Gasteiger partial charge in [-0.15, -0.1) is 22.7 Å². The lowest BCUT2D eigenvalue weighted by Gasteiger charge is -2.04. The molecule has 2 aromatic heterocycles. The average Bonchev–Trinajstić information content (AvgIpc) is 3.08. The van der Waals surface area contributed by atoms with Crippen LogP contribution >= 0.6 is 22.7 Å². The van der Waals surface area contributed by atoms with Gasteiger partial charge in [0.1, 0.15) is 0 Å². The third kappa shape index (κ3) is 3.04. The monoisotopic (exact) mass is 314 g/mol. The SMILES string of the molecule is Cc1ccc(-c2csc(NC(=O)c3ccccc3C)n2)s1. The Morgan fingerprint density at radius 3 is 2.67 bits per heavy atom. The molecule has 0 atom stereocenters. The lowest BCUT2D eigenvalue weighted by molar-refractivity contribution is 0.102. The van der Waals surface area contributed by atoms with Gasteiger partial charge in [0.25, 0.3) is 5.91 Å². The van der Waals surface area contributed by atoms with E-state index in [1.807, 2.05) is 36.6 Å². The lowest BCUT2D eigenvalue weighted by Crippen LogP contribution is -2.12. The quantitative estimate of drug-likeness (QED) is 0.758. The standard InChI is InChI=1S/C16H14N2OS2/c1-10-5-3-4-6-12(10)15(19)18-16-17-13(9-20-16)14-8-7-11(2)21-14/h3-9H,1-2H3,(H,17,18,19). The summed E-state index contributed by atoms with van der Waals surface area (Å²) in [6.07, 6.45) is 0. The lowest BCUT2D eigenvalue weighted by atomic mass is 10.1. The van der Waals surface area contributed by atoms with Crippen molar-refractivity contribution in [1.29, 1.82) is 0 Å². The normalized spacial score (nSPS) is 10.6. The molecule has 21 heavy (non-hydrogen) atoms. The molecule has 2 heterocycles. The van der Waals surface area contributed by atoms with E-state index in [0.717, 1.165) is 16.1 Å². The Morgan fingerprint density at radius 2 is 1.95 bits per heavy atom. The number of nitrogens with one attached hydrogen (secondary N) is 1. The molecule has 0 bridgehead atoms. The van der Waals surface area contributed by atoms with E-state index in [1.54, 1.807) is 11.3 Å². The first-order valence-corrected chi connectivity index (χ1v) is 8.22. The topological polar surface area (TPSA) is 42.0 Å². The molecule has 0 radical (unpaired) electrons. The number of hydrogen-bond donors (Lipinski definition) is 1. The smallest absolute Gasteiger partial charge is 0.257 e. The van der Waals surface area contributed by atoms with Gasteiger partial charge in [-0.2, -0.15) is 0 Å². The summed E-state index contributed by atoms with van der Waals surface area (Å²) in [5.41, 5.74) is 2.56. The molecule has 3 rings (SSSR count). The molecule has 0 saturated heterocycles. The summed E-state index contributed by atoms with van der Waals surface area (Å²) in [6.45, 7) is 4.00. The van der Waals surface area contributed by atoms with Gasteiger partial charge in [-0.05, 0) is 37.6 Å². The Kier molecular flexibility index (Phi) is 3.86. The number of rotatable bonds is 3. The summed E-state index contributed by atoms with van der Waals surface area (Å²) in [5, 5.41) is 5.47. The van der Waals surface area contributed by atoms with E-state index in [2.05, 4.69) is 29.4 Å². The van der Waals surface area contributed by atoms with Gasteiger partial charge in [-0.3, -0.25) is 10.1 Å². The van der Waals surface area contributed by atoms with E-state index in [0.29, 0.717) is 10.7 Å². The van der Waals surface area contributed by atoms with Gasteiger partial charge in [-0.25, -0.2) is 4.98 Å². The first-order chi connectivity index (χ1) is 10.1. The van der Waals surface area contributed by atoms with E-state index < -0.39 is 0 Å². The van der Waals surface area contributed by atoms with Crippen LogP contribution in [0.4, 0.5) is 5.13 Å². The van der Waals surface area contributed by atoms with Crippen LogP contribution < -0.4 is 5.32 Å². The van der Waals surface area contributed by atoms with Gasteiger partial charge in [0.05, 0.1) is 10.6 Å². The molecule has 3 nitrogen and oxygen atoms in total. The second-order valence-electron chi connectivity index (χ2n) is 4.72. The minimum atomic E-state index is -0.114. The molecule has 0 unspecified atom stereocenters. The molecular formula is C16H14N2OS2. The highest BCUT2D eigenvalue weighted by molar-refractivity contribution is 7.17. The minimum Gasteiger partial charge on any atom is -0.298 e. The first kappa shape index (κ1) is 14.0. The molecule has 1 amide bonds. The Morgan fingerprint density at radius 1 is 1.14 bits per heavy atom. The summed E-state index contributed by atoms with van der Waals surface area (Å²) in [5.74, 6) is -0.114. The Labute approximate surface area is 131 Å². The van der Waals surface area contributed by atoms with Crippen molar-refractivity contribution in [2.75, 3.05) is 5.32 Å². The average molecular weight is 314 g/mol. The van der Waals surface area contributed by atoms with Crippen LogP contribution in [0.2, 0.25) is 0 Å². The number of amides is 1. The van der Waals surface area contributed by atoms with Crippen molar-refractivity contribution in [3.8, 4) is 10.6 Å². The number of hydrogen-bond acceptors (Lipinski definition) is 4. The molecule has 1 N–H and O–H groups in total. The minimum absolute atomic E-state index is 0.114. The molecule has 106 valence electrons. The summed E-state index contributed by atoms with van der Waals surface area (Å²) in [6, 6.07) is 11.7. The van der Waals surface area contributed by atoms with Crippen LogP contribution in [0.1, 0.15) is 20.8 Å². The zero-order valence-electron chi connectivity index (χ0n) is 11.7. The first-order valence-electron chi connectivity index (χ1n) is 6.53. The number of thiazole rings is 1. The van der Waals surface area contributed by atoms with E-state index in [4.69, 9.17) is 0 Å². The second-order valence-corrected chi connectivity index (χ2v) is 6.86. The number of carbonyl (C=O) groups excluding carboxylic acids is 1. The maximum absolute atomic E-state index is 12.2. The van der Waals surface area contributed by atoms with Crippen molar-refractivity contribution in [3.05, 3.63) is 57.8 Å². The van der Waals surface area contributed by atoms with Crippen molar-refractivity contribution in [1.82, 2.24) is 4.98 Å². The molecule has 0 saturated carbocycles. The predicted octanol–water partition coefficient (Wildman–Crippen LogP) is 4.74. The molecule has 3 aromatic rings. The number of anilines is 1. The van der Waals surface area contributed by atoms with E-state index in [9.17, 15) is 4.79 Å². The van der Waals surface area contributed by atoms with Crippen molar-refractivity contribution in [2.24, 2.45) is 0 Å². The van der Waals surface area contributed by atoms with E-state index >= 15 is 0 Å². The van der Waals surface area contributed by atoms with E-state index in [-0.39, 0.29) is 5.91 Å². The number of benzene rings is 1. The summed E-state index contributed by atoms with van der Waals surface area (Å²) in [4.78, 5) is 19.1. The third-order valence-corrected chi connectivity index (χ3v) is 4.89. The van der Waals surface area contributed by atoms with Crippen LogP contribution in [-0.4, -0.2) is 10.9 Å². The van der Waals surface area contributed by atoms with Crippen molar-refractivity contribution < 1.29 is 4.79 Å². The van der Waals surface area contributed by atoms with E-state index in [1.165, 1.54) is 16.2 Å². The molecule has 5 heteroatoms. The zero-order chi connectivity index (χ0) is 14.8. The van der Waals surface area contributed by atoms with Crippen LogP contribution in [0, 0.1) is 13.8 Å². The van der Waals surface area contributed by atoms with Gasteiger partial charge in [0.2, 0.25) is 0 Å². The highest BCUT2D eigenvalue weighted by atomic mass is 32.1. The number of aryl methyl sites for hydroxylation is 2. The van der Waals surface area contributed by atoms with Crippen LogP contribution in [0.25, 0.3) is 10.6 Å². The Balaban J connectivity index is 1.79. The highest BCUT2D eigenvalue weighted by Crippen LogP contribution is 2.30. The molecular weight excluding hydrogens is 300 g/mol.